The first-order chi connectivity index (χ1) is 11.7. The molecule has 0 radical (unpaired) electrons. The first-order valence-corrected chi connectivity index (χ1v) is 7.35. The molecule has 6 heteroatoms. The van der Waals surface area contributed by atoms with Crippen molar-refractivity contribution in [2.45, 2.75) is 6.54 Å². The van der Waals surface area contributed by atoms with Gasteiger partial charge in [-0.05, 0) is 17.7 Å². The summed E-state index contributed by atoms with van der Waals surface area (Å²) in [6, 6.07) is 13.1. The van der Waals surface area contributed by atoms with Gasteiger partial charge in [-0.2, -0.15) is 0 Å². The summed E-state index contributed by atoms with van der Waals surface area (Å²) in [6.07, 6.45) is 1.50. The van der Waals surface area contributed by atoms with Gasteiger partial charge in [0.2, 0.25) is 5.78 Å². The summed E-state index contributed by atoms with van der Waals surface area (Å²) < 4.78 is 15.0. The third-order valence-electron chi connectivity index (χ3n) is 4.05. The van der Waals surface area contributed by atoms with Gasteiger partial charge in [0.1, 0.15) is 22.9 Å². The van der Waals surface area contributed by atoms with Crippen molar-refractivity contribution in [2.75, 3.05) is 0 Å². The van der Waals surface area contributed by atoms with Gasteiger partial charge in [0.25, 0.3) is 0 Å². The number of carbonyl (C=O) groups excluding carboxylic acids is 1. The number of hydrogen-bond acceptors (Lipinski definition) is 4. The number of imidazole rings is 1. The van der Waals surface area contributed by atoms with Crippen molar-refractivity contribution in [1.82, 2.24) is 9.55 Å². The van der Waals surface area contributed by atoms with Gasteiger partial charge in [0, 0.05) is 17.7 Å². The fourth-order valence-corrected chi connectivity index (χ4v) is 2.99. The zero-order chi connectivity index (χ0) is 16.7. The smallest absolute Gasteiger partial charge is 0.212 e. The standard InChI is InChI=1S/C18H12FN3O2/c19-12-5-3-4-11(8-12)9-22-10-20-16-15(21-24)13-6-1-2-7-14(13)18(23)17(16)22/h1-8,10,24H,9H2/b21-15+. The predicted molar refractivity (Wildman–Crippen MR) is 85.0 cm³/mol. The molecule has 4 rings (SSSR count). The highest BCUT2D eigenvalue weighted by molar-refractivity contribution is 6.28. The van der Waals surface area contributed by atoms with Crippen LogP contribution in [0.5, 0.6) is 0 Å². The molecule has 0 amide bonds. The minimum atomic E-state index is -0.337. The zero-order valence-corrected chi connectivity index (χ0v) is 12.5. The van der Waals surface area contributed by atoms with E-state index in [1.54, 1.807) is 41.0 Å². The van der Waals surface area contributed by atoms with E-state index in [-0.39, 0.29) is 17.3 Å². The highest BCUT2D eigenvalue weighted by Crippen LogP contribution is 2.27. The molecular weight excluding hydrogens is 309 g/mol. The molecule has 1 heterocycles. The molecule has 0 unspecified atom stereocenters. The van der Waals surface area contributed by atoms with Crippen LogP contribution >= 0.6 is 0 Å². The minimum Gasteiger partial charge on any atom is -0.410 e. The van der Waals surface area contributed by atoms with E-state index in [1.165, 1.54) is 18.5 Å². The van der Waals surface area contributed by atoms with E-state index < -0.39 is 0 Å². The van der Waals surface area contributed by atoms with E-state index in [0.29, 0.717) is 34.6 Å². The maximum atomic E-state index is 13.4. The first-order valence-electron chi connectivity index (χ1n) is 7.35. The Morgan fingerprint density at radius 2 is 1.92 bits per heavy atom. The van der Waals surface area contributed by atoms with Crippen LogP contribution in [-0.4, -0.2) is 26.3 Å². The van der Waals surface area contributed by atoms with Gasteiger partial charge in [-0.1, -0.05) is 41.6 Å². The number of nitrogens with zero attached hydrogens (tertiary/aromatic N) is 3. The number of benzene rings is 2. The molecule has 1 aliphatic carbocycles. The summed E-state index contributed by atoms with van der Waals surface area (Å²) in [5, 5.41) is 12.7. The van der Waals surface area contributed by atoms with Crippen LogP contribution in [0.3, 0.4) is 0 Å². The Hall–Kier alpha value is -3.28. The molecule has 1 aliphatic rings. The summed E-state index contributed by atoms with van der Waals surface area (Å²) in [5.74, 6) is -0.530. The summed E-state index contributed by atoms with van der Waals surface area (Å²) in [5.41, 5.74) is 2.65. The Balaban J connectivity index is 1.84. The lowest BCUT2D eigenvalue weighted by molar-refractivity contribution is 0.102. The lowest BCUT2D eigenvalue weighted by atomic mass is 9.89. The van der Waals surface area contributed by atoms with Crippen LogP contribution in [0.4, 0.5) is 4.39 Å². The fourth-order valence-electron chi connectivity index (χ4n) is 2.99. The number of aromatic nitrogens is 2. The van der Waals surface area contributed by atoms with Crippen LogP contribution in [-0.2, 0) is 6.54 Å². The molecule has 24 heavy (non-hydrogen) atoms. The maximum Gasteiger partial charge on any atom is 0.212 e. The largest absolute Gasteiger partial charge is 0.410 e. The van der Waals surface area contributed by atoms with Gasteiger partial charge in [-0.25, -0.2) is 9.37 Å². The maximum absolute atomic E-state index is 13.4. The zero-order valence-electron chi connectivity index (χ0n) is 12.5. The Morgan fingerprint density at radius 3 is 2.67 bits per heavy atom. The molecule has 0 saturated carbocycles. The van der Waals surface area contributed by atoms with E-state index in [2.05, 4.69) is 10.1 Å². The minimum absolute atomic E-state index is 0.193. The van der Waals surface area contributed by atoms with Crippen molar-refractivity contribution in [3.63, 3.8) is 0 Å². The van der Waals surface area contributed by atoms with Crippen LogP contribution in [0, 0.1) is 5.82 Å². The molecule has 118 valence electrons. The molecule has 2 aromatic carbocycles. The number of hydrogen-bond donors (Lipinski definition) is 1. The van der Waals surface area contributed by atoms with Crippen molar-refractivity contribution < 1.29 is 14.4 Å². The molecule has 1 aromatic heterocycles. The molecule has 5 nitrogen and oxygen atoms in total. The number of rotatable bonds is 2. The van der Waals surface area contributed by atoms with Crippen LogP contribution in [0.25, 0.3) is 0 Å². The van der Waals surface area contributed by atoms with Crippen molar-refractivity contribution in [2.24, 2.45) is 5.16 Å². The van der Waals surface area contributed by atoms with E-state index in [1.807, 2.05) is 0 Å². The highest BCUT2D eigenvalue weighted by Gasteiger charge is 2.32. The Morgan fingerprint density at radius 1 is 1.12 bits per heavy atom. The third-order valence-corrected chi connectivity index (χ3v) is 4.05. The number of halogens is 1. The van der Waals surface area contributed by atoms with Crippen LogP contribution in [0.1, 0.15) is 32.9 Å². The van der Waals surface area contributed by atoms with Crippen LogP contribution < -0.4 is 0 Å². The second-order valence-electron chi connectivity index (χ2n) is 5.52. The summed E-state index contributed by atoms with van der Waals surface area (Å²) in [4.78, 5) is 17.1. The van der Waals surface area contributed by atoms with E-state index in [9.17, 15) is 14.4 Å². The molecule has 0 atom stereocenters. The molecule has 1 N–H and O–H groups in total. The molecular formula is C18H12FN3O2. The van der Waals surface area contributed by atoms with Gasteiger partial charge < -0.3 is 9.77 Å². The number of ketones is 1. The predicted octanol–water partition coefficient (Wildman–Crippen LogP) is 2.84. The highest BCUT2D eigenvalue weighted by atomic mass is 19.1. The monoisotopic (exact) mass is 321 g/mol. The Kier molecular flexibility index (Phi) is 3.23. The van der Waals surface area contributed by atoms with E-state index in [4.69, 9.17) is 0 Å². The van der Waals surface area contributed by atoms with Crippen LogP contribution in [0.2, 0.25) is 0 Å². The molecule has 3 aromatic rings. The van der Waals surface area contributed by atoms with E-state index >= 15 is 0 Å². The molecule has 0 saturated heterocycles. The number of oxime groups is 1. The number of carbonyl (C=O) groups is 1. The van der Waals surface area contributed by atoms with Crippen molar-refractivity contribution in [1.29, 1.82) is 0 Å². The van der Waals surface area contributed by atoms with E-state index in [0.717, 1.165) is 0 Å². The van der Waals surface area contributed by atoms with Crippen molar-refractivity contribution in [3.05, 3.63) is 88.8 Å². The normalized spacial score (nSPS) is 14.5. The van der Waals surface area contributed by atoms with Gasteiger partial charge in [-0.3, -0.25) is 4.79 Å². The fraction of sp³-hybridized carbons (Fsp3) is 0.0556. The summed E-state index contributed by atoms with van der Waals surface area (Å²) >= 11 is 0. The average Bonchev–Trinajstić information content (AvgIpc) is 2.99. The lowest BCUT2D eigenvalue weighted by Crippen LogP contribution is -2.24. The second kappa shape index (κ2) is 5.42. The second-order valence-corrected chi connectivity index (χ2v) is 5.52. The SMILES string of the molecule is O=C1c2ccccc2/C(=N\O)c2ncn(Cc3cccc(F)c3)c21. The average molecular weight is 321 g/mol. The molecule has 0 fully saturated rings. The van der Waals surface area contributed by atoms with Crippen molar-refractivity contribution in [3.8, 4) is 0 Å². The Bertz CT molecular complexity index is 991. The van der Waals surface area contributed by atoms with Crippen LogP contribution in [0.15, 0.2) is 60.0 Å². The lowest BCUT2D eigenvalue weighted by Gasteiger charge is -2.17. The topological polar surface area (TPSA) is 67.5 Å². The summed E-state index contributed by atoms with van der Waals surface area (Å²) in [6.45, 7) is 0.298. The Labute approximate surface area is 136 Å². The van der Waals surface area contributed by atoms with Gasteiger partial charge in [0.05, 0.1) is 6.33 Å². The first kappa shape index (κ1) is 14.3. The van der Waals surface area contributed by atoms with Gasteiger partial charge in [0.15, 0.2) is 0 Å². The van der Waals surface area contributed by atoms with Crippen molar-refractivity contribution >= 4 is 11.5 Å². The molecule has 0 spiro atoms. The summed E-state index contributed by atoms with van der Waals surface area (Å²) in [7, 11) is 0. The third kappa shape index (κ3) is 2.11. The van der Waals surface area contributed by atoms with Gasteiger partial charge in [-0.15, -0.1) is 0 Å². The van der Waals surface area contributed by atoms with Gasteiger partial charge >= 0.3 is 0 Å². The molecule has 0 bridgehead atoms. The quantitative estimate of drug-likeness (QED) is 0.456. The molecule has 0 aliphatic heterocycles. The number of fused-ring (bicyclic) bond motifs is 2.